The highest BCUT2D eigenvalue weighted by Gasteiger charge is 2.34. The summed E-state index contributed by atoms with van der Waals surface area (Å²) in [6.45, 7) is 0.411. The molecule has 2 aromatic heterocycles. The molecular formula is C26H17BrN4O3S. The van der Waals surface area contributed by atoms with Crippen LogP contribution >= 0.6 is 27.3 Å². The van der Waals surface area contributed by atoms with E-state index in [1.165, 1.54) is 15.9 Å². The number of carbonyl (C=O) groups is 1. The van der Waals surface area contributed by atoms with Crippen molar-refractivity contribution in [3.63, 3.8) is 0 Å². The Hall–Kier alpha value is -3.82. The van der Waals surface area contributed by atoms with Gasteiger partial charge in [0.2, 0.25) is 4.96 Å². The smallest absolute Gasteiger partial charge is 0.291 e. The van der Waals surface area contributed by atoms with Crippen LogP contribution in [0.5, 0.6) is 5.75 Å². The van der Waals surface area contributed by atoms with Gasteiger partial charge in [0.15, 0.2) is 5.82 Å². The number of anilines is 1. The van der Waals surface area contributed by atoms with Crippen LogP contribution in [-0.4, -0.2) is 27.6 Å². The molecule has 6 rings (SSSR count). The Balaban J connectivity index is 1.49. The van der Waals surface area contributed by atoms with E-state index in [1.807, 2.05) is 72.8 Å². The molecule has 0 atom stereocenters. The maximum atomic E-state index is 13.7. The van der Waals surface area contributed by atoms with Gasteiger partial charge in [0.05, 0.1) is 24.9 Å². The molecule has 0 saturated heterocycles. The summed E-state index contributed by atoms with van der Waals surface area (Å²) in [5, 5.41) is 4.43. The lowest BCUT2D eigenvalue weighted by molar-refractivity contribution is -0.113. The van der Waals surface area contributed by atoms with Crippen molar-refractivity contribution in [1.29, 1.82) is 0 Å². The van der Waals surface area contributed by atoms with Gasteiger partial charge in [-0.25, -0.2) is 0 Å². The first-order valence-electron chi connectivity index (χ1n) is 10.8. The summed E-state index contributed by atoms with van der Waals surface area (Å²) in [4.78, 5) is 33.8. The fourth-order valence-electron chi connectivity index (χ4n) is 4.19. The van der Waals surface area contributed by atoms with E-state index in [2.05, 4.69) is 26.0 Å². The summed E-state index contributed by atoms with van der Waals surface area (Å²) >= 11 is 4.68. The predicted molar refractivity (Wildman–Crippen MR) is 139 cm³/mol. The lowest BCUT2D eigenvalue weighted by Crippen LogP contribution is -2.32. The molecule has 0 fully saturated rings. The zero-order valence-corrected chi connectivity index (χ0v) is 20.8. The number of carbonyl (C=O) groups excluding carboxylic acids is 1. The zero-order valence-electron chi connectivity index (χ0n) is 18.4. The number of benzene rings is 3. The van der Waals surface area contributed by atoms with Crippen molar-refractivity contribution >= 4 is 49.4 Å². The summed E-state index contributed by atoms with van der Waals surface area (Å²) < 4.78 is 7.64. The molecular weight excluding hydrogens is 528 g/mol. The minimum Gasteiger partial charge on any atom is -0.497 e. The number of rotatable bonds is 4. The van der Waals surface area contributed by atoms with Gasteiger partial charge in [-0.2, -0.15) is 9.50 Å². The SMILES string of the molecule is COc1ccc(-c2nc3sc(=C4C(=O)N(Cc5ccccc5)c5ccc(Br)cc54)c(=O)n3n2)cc1. The van der Waals surface area contributed by atoms with Gasteiger partial charge in [-0.15, -0.1) is 5.10 Å². The van der Waals surface area contributed by atoms with Gasteiger partial charge >= 0.3 is 0 Å². The highest BCUT2D eigenvalue weighted by molar-refractivity contribution is 9.10. The standard InChI is InChI=1S/C26H17BrN4O3S/c1-34-18-10-7-16(8-11-18)23-28-26-31(29-23)25(33)22(35-26)21-19-13-17(27)9-12-20(19)30(24(21)32)14-15-5-3-2-4-6-15/h2-13H,14H2,1H3. The van der Waals surface area contributed by atoms with Gasteiger partial charge in [0, 0.05) is 15.6 Å². The number of ether oxygens (including phenoxy) is 1. The Kier molecular flexibility index (Phi) is 5.23. The van der Waals surface area contributed by atoms with E-state index in [1.54, 1.807) is 12.0 Å². The Labute approximate surface area is 212 Å². The van der Waals surface area contributed by atoms with Gasteiger partial charge in [0.1, 0.15) is 10.3 Å². The lowest BCUT2D eigenvalue weighted by atomic mass is 10.1. The molecule has 0 N–H and O–H groups in total. The summed E-state index contributed by atoms with van der Waals surface area (Å²) in [5.74, 6) is 0.959. The quantitative estimate of drug-likeness (QED) is 0.341. The number of halogens is 1. The Morgan fingerprint density at radius 1 is 1.00 bits per heavy atom. The number of aromatic nitrogens is 3. The van der Waals surface area contributed by atoms with E-state index in [-0.39, 0.29) is 11.5 Å². The maximum absolute atomic E-state index is 13.7. The third kappa shape index (κ3) is 3.64. The highest BCUT2D eigenvalue weighted by atomic mass is 79.9. The second-order valence-corrected chi connectivity index (χ2v) is 9.90. The van der Waals surface area contributed by atoms with Crippen molar-refractivity contribution in [3.05, 3.63) is 103 Å². The highest BCUT2D eigenvalue weighted by Crippen LogP contribution is 2.38. The zero-order chi connectivity index (χ0) is 24.1. The fraction of sp³-hybridized carbons (Fsp3) is 0.0769. The van der Waals surface area contributed by atoms with E-state index < -0.39 is 0 Å². The molecule has 0 radical (unpaired) electrons. The van der Waals surface area contributed by atoms with E-state index >= 15 is 0 Å². The summed E-state index contributed by atoms with van der Waals surface area (Å²) in [7, 11) is 1.60. The van der Waals surface area contributed by atoms with Crippen molar-refractivity contribution in [2.75, 3.05) is 12.0 Å². The van der Waals surface area contributed by atoms with E-state index in [0.29, 0.717) is 27.4 Å². The number of methoxy groups -OCH3 is 1. The first kappa shape index (κ1) is 21.7. The molecule has 172 valence electrons. The van der Waals surface area contributed by atoms with Crippen LogP contribution in [0.4, 0.5) is 5.69 Å². The van der Waals surface area contributed by atoms with Crippen molar-refractivity contribution < 1.29 is 9.53 Å². The van der Waals surface area contributed by atoms with Gasteiger partial charge in [-0.1, -0.05) is 57.6 Å². The molecule has 3 aromatic carbocycles. The van der Waals surface area contributed by atoms with Crippen LogP contribution in [0.1, 0.15) is 11.1 Å². The van der Waals surface area contributed by atoms with Crippen molar-refractivity contribution in [1.82, 2.24) is 14.6 Å². The molecule has 0 bridgehead atoms. The number of hydrogen-bond donors (Lipinski definition) is 0. The summed E-state index contributed by atoms with van der Waals surface area (Å²) in [5.41, 5.74) is 3.30. The van der Waals surface area contributed by atoms with E-state index in [4.69, 9.17) is 4.74 Å². The normalized spacial score (nSPS) is 14.6. The third-order valence-electron chi connectivity index (χ3n) is 5.89. The number of fused-ring (bicyclic) bond motifs is 2. The number of hydrogen-bond acceptors (Lipinski definition) is 6. The maximum Gasteiger partial charge on any atom is 0.291 e. The van der Waals surface area contributed by atoms with Crippen molar-refractivity contribution in [3.8, 4) is 17.1 Å². The Morgan fingerprint density at radius 3 is 2.49 bits per heavy atom. The summed E-state index contributed by atoms with van der Waals surface area (Å²) in [6, 6.07) is 22.8. The molecule has 3 heterocycles. The minimum absolute atomic E-state index is 0.209. The van der Waals surface area contributed by atoms with Crippen LogP contribution < -0.4 is 19.7 Å². The minimum atomic E-state index is -0.354. The molecule has 9 heteroatoms. The van der Waals surface area contributed by atoms with Crippen molar-refractivity contribution in [2.24, 2.45) is 0 Å². The van der Waals surface area contributed by atoms with E-state index in [9.17, 15) is 9.59 Å². The molecule has 1 aliphatic rings. The van der Waals surface area contributed by atoms with Gasteiger partial charge in [-0.05, 0) is 48.0 Å². The third-order valence-corrected chi connectivity index (χ3v) is 7.42. The van der Waals surface area contributed by atoms with E-state index in [0.717, 1.165) is 32.6 Å². The fourth-order valence-corrected chi connectivity index (χ4v) is 5.55. The molecule has 35 heavy (non-hydrogen) atoms. The lowest BCUT2D eigenvalue weighted by Gasteiger charge is -2.17. The molecule has 0 saturated carbocycles. The topological polar surface area (TPSA) is 76.8 Å². The molecule has 7 nitrogen and oxygen atoms in total. The van der Waals surface area contributed by atoms with Crippen LogP contribution in [-0.2, 0) is 11.3 Å². The molecule has 5 aromatic rings. The monoisotopic (exact) mass is 544 g/mol. The van der Waals surface area contributed by atoms with Crippen molar-refractivity contribution in [2.45, 2.75) is 6.54 Å². The molecule has 0 unspecified atom stereocenters. The molecule has 0 aliphatic carbocycles. The Morgan fingerprint density at radius 2 is 1.77 bits per heavy atom. The second-order valence-electron chi connectivity index (χ2n) is 8.01. The average molecular weight is 545 g/mol. The number of thiazole rings is 1. The number of amides is 1. The molecule has 1 aliphatic heterocycles. The van der Waals surface area contributed by atoms with Crippen LogP contribution in [0.25, 0.3) is 21.9 Å². The predicted octanol–water partition coefficient (Wildman–Crippen LogP) is 4.05. The van der Waals surface area contributed by atoms with Crippen LogP contribution in [0.3, 0.4) is 0 Å². The second kappa shape index (κ2) is 8.44. The average Bonchev–Trinajstić information content (AvgIpc) is 3.51. The van der Waals surface area contributed by atoms with Crippen LogP contribution in [0.2, 0.25) is 0 Å². The van der Waals surface area contributed by atoms with Crippen LogP contribution in [0.15, 0.2) is 82.1 Å². The van der Waals surface area contributed by atoms with Gasteiger partial charge in [-0.3, -0.25) is 9.59 Å². The van der Waals surface area contributed by atoms with Gasteiger partial charge < -0.3 is 9.64 Å². The number of nitrogens with zero attached hydrogens (tertiary/aromatic N) is 4. The first-order valence-corrected chi connectivity index (χ1v) is 12.4. The van der Waals surface area contributed by atoms with Crippen LogP contribution in [0, 0.1) is 0 Å². The summed E-state index contributed by atoms with van der Waals surface area (Å²) in [6.07, 6.45) is 0. The van der Waals surface area contributed by atoms with Gasteiger partial charge in [0.25, 0.3) is 11.5 Å². The first-order chi connectivity index (χ1) is 17.0. The largest absolute Gasteiger partial charge is 0.497 e. The Bertz CT molecular complexity index is 1710. The molecule has 1 amide bonds. The molecule has 0 spiro atoms.